The van der Waals surface area contributed by atoms with Gasteiger partial charge in [-0.1, -0.05) is 17.2 Å². The lowest BCUT2D eigenvalue weighted by molar-refractivity contribution is -0.432. The summed E-state index contributed by atoms with van der Waals surface area (Å²) in [5.74, 6) is -0.181. The van der Waals surface area contributed by atoms with Crippen LogP contribution in [-0.4, -0.2) is 31.0 Å². The van der Waals surface area contributed by atoms with Crippen LogP contribution in [0.3, 0.4) is 0 Å². The van der Waals surface area contributed by atoms with Crippen LogP contribution in [0, 0.1) is 0 Å². The molecule has 1 amide bonds. The van der Waals surface area contributed by atoms with E-state index in [0.717, 1.165) is 23.3 Å². The van der Waals surface area contributed by atoms with E-state index in [1.54, 1.807) is 24.3 Å². The van der Waals surface area contributed by atoms with Crippen molar-refractivity contribution < 1.29 is 19.4 Å². The summed E-state index contributed by atoms with van der Waals surface area (Å²) >= 11 is 0.852. The van der Waals surface area contributed by atoms with E-state index in [0.29, 0.717) is 21.9 Å². The summed E-state index contributed by atoms with van der Waals surface area (Å²) in [7, 11) is 3.96. The molecule has 1 N–H and O–H groups in total. The Morgan fingerprint density at radius 2 is 1.78 bits per heavy atom. The molecular weight excluding hydrogens is 366 g/mol. The predicted molar refractivity (Wildman–Crippen MR) is 106 cm³/mol. The first kappa shape index (κ1) is 19.1. The van der Waals surface area contributed by atoms with Crippen molar-refractivity contribution in [2.24, 2.45) is 5.10 Å². The highest BCUT2D eigenvalue weighted by molar-refractivity contribution is 7.94. The van der Waals surface area contributed by atoms with Crippen LogP contribution in [-0.2, 0) is 14.2 Å². The quantitative estimate of drug-likeness (QED) is 0.351. The highest BCUT2D eigenvalue weighted by Gasteiger charge is 2.28. The Morgan fingerprint density at radius 1 is 1.11 bits per heavy atom. The maximum absolute atomic E-state index is 12.8. The maximum atomic E-state index is 12.8. The fraction of sp³-hybridized carbons (Fsp3) is 0.158. The molecule has 1 aliphatic heterocycles. The third kappa shape index (κ3) is 4.37. The highest BCUT2D eigenvalue weighted by atomic mass is 32.2. The number of benzene rings is 2. The molecule has 0 saturated carbocycles. The molecule has 0 radical (unpaired) electrons. The lowest BCUT2D eigenvalue weighted by atomic mass is 10.1. The van der Waals surface area contributed by atoms with E-state index >= 15 is 0 Å². The summed E-state index contributed by atoms with van der Waals surface area (Å²) in [6.07, 6.45) is 1.84. The van der Waals surface area contributed by atoms with Gasteiger partial charge in [-0.05, 0) is 55.0 Å². The minimum absolute atomic E-state index is 0.181. The molecule has 0 aromatic heterocycles. The van der Waals surface area contributed by atoms with Crippen LogP contribution >= 0.6 is 12.0 Å². The fourth-order valence-corrected chi connectivity index (χ4v) is 2.95. The standard InChI is InChI=1S/C19H19N3O4S/c1-13-18(12-14-4-6-15(7-5-14)21(2)3)19(23)22(20-13)16-8-10-17(11-9-16)27-26-25-24/h4-12,24H,1-3H3/b18-12-. The number of hydrogen-bond donors (Lipinski definition) is 1. The Kier molecular flexibility index (Phi) is 5.92. The average Bonchev–Trinajstić information content (AvgIpc) is 2.95. The molecule has 7 nitrogen and oxygen atoms in total. The average molecular weight is 385 g/mol. The smallest absolute Gasteiger partial charge is 0.280 e. The van der Waals surface area contributed by atoms with Crippen LogP contribution in [0.5, 0.6) is 0 Å². The van der Waals surface area contributed by atoms with Gasteiger partial charge >= 0.3 is 0 Å². The molecule has 0 aliphatic carbocycles. The summed E-state index contributed by atoms with van der Waals surface area (Å²) in [5, 5.41) is 17.5. The molecule has 0 unspecified atom stereocenters. The van der Waals surface area contributed by atoms with Crippen molar-refractivity contribution in [1.82, 2.24) is 0 Å². The SMILES string of the molecule is CC1=NN(c2ccc(SOOO)cc2)C(=O)/C1=C\c1ccc(N(C)C)cc1. The van der Waals surface area contributed by atoms with Gasteiger partial charge in [-0.15, -0.1) is 4.33 Å². The van der Waals surface area contributed by atoms with Gasteiger partial charge in [0.2, 0.25) is 0 Å². The number of hydrogen-bond acceptors (Lipinski definition) is 7. The highest BCUT2D eigenvalue weighted by Crippen LogP contribution is 2.28. The number of rotatable bonds is 6. The van der Waals surface area contributed by atoms with E-state index in [2.05, 4.69) is 14.5 Å². The van der Waals surface area contributed by atoms with Crippen molar-refractivity contribution in [3.05, 3.63) is 59.7 Å². The number of amides is 1. The topological polar surface area (TPSA) is 74.6 Å². The third-order valence-electron chi connectivity index (χ3n) is 4.03. The predicted octanol–water partition coefficient (Wildman–Crippen LogP) is 3.99. The van der Waals surface area contributed by atoms with Gasteiger partial charge in [0.25, 0.3) is 5.91 Å². The van der Waals surface area contributed by atoms with Crippen molar-refractivity contribution >= 4 is 41.1 Å². The normalized spacial score (nSPS) is 15.4. The Labute approximate surface area is 161 Å². The molecule has 0 bridgehead atoms. The molecule has 2 aromatic carbocycles. The fourth-order valence-electron chi connectivity index (χ4n) is 2.59. The molecule has 0 fully saturated rings. The number of carbonyl (C=O) groups excluding carboxylic acids is 1. The van der Waals surface area contributed by atoms with E-state index < -0.39 is 0 Å². The van der Waals surface area contributed by atoms with Gasteiger partial charge in [-0.25, -0.2) is 5.26 Å². The summed E-state index contributed by atoms with van der Waals surface area (Å²) in [6, 6.07) is 14.9. The van der Waals surface area contributed by atoms with Crippen molar-refractivity contribution in [3.63, 3.8) is 0 Å². The Hall–Kier alpha value is -2.65. The molecule has 3 rings (SSSR count). The van der Waals surface area contributed by atoms with Crippen LogP contribution in [0.1, 0.15) is 12.5 Å². The van der Waals surface area contributed by atoms with Crippen molar-refractivity contribution in [2.45, 2.75) is 11.8 Å². The Morgan fingerprint density at radius 3 is 2.37 bits per heavy atom. The largest absolute Gasteiger partial charge is 0.378 e. The number of hydrazone groups is 1. The molecule has 1 aliphatic rings. The van der Waals surface area contributed by atoms with Crippen LogP contribution in [0.4, 0.5) is 11.4 Å². The van der Waals surface area contributed by atoms with E-state index in [9.17, 15) is 4.79 Å². The van der Waals surface area contributed by atoms with E-state index in [-0.39, 0.29) is 5.91 Å². The van der Waals surface area contributed by atoms with Crippen molar-refractivity contribution in [1.29, 1.82) is 0 Å². The molecule has 1 heterocycles. The van der Waals surface area contributed by atoms with E-state index in [4.69, 9.17) is 5.26 Å². The summed E-state index contributed by atoms with van der Waals surface area (Å²) in [5.41, 5.74) is 3.89. The second kappa shape index (κ2) is 8.36. The zero-order chi connectivity index (χ0) is 19.4. The molecule has 140 valence electrons. The van der Waals surface area contributed by atoms with Crippen LogP contribution in [0.2, 0.25) is 0 Å². The Bertz CT molecular complexity index is 877. The van der Waals surface area contributed by atoms with Gasteiger partial charge in [0.15, 0.2) is 0 Å². The first-order valence-electron chi connectivity index (χ1n) is 8.13. The van der Waals surface area contributed by atoms with Crippen LogP contribution in [0.15, 0.2) is 64.1 Å². The van der Waals surface area contributed by atoms with E-state index in [1.807, 2.05) is 56.3 Å². The van der Waals surface area contributed by atoms with E-state index in [1.165, 1.54) is 5.01 Å². The lowest BCUT2D eigenvalue weighted by Crippen LogP contribution is -2.21. The minimum Gasteiger partial charge on any atom is -0.378 e. The number of nitrogens with zero attached hydrogens (tertiary/aromatic N) is 3. The molecular formula is C19H19N3O4S. The maximum Gasteiger partial charge on any atom is 0.280 e. The molecule has 0 saturated heterocycles. The van der Waals surface area contributed by atoms with Crippen molar-refractivity contribution in [3.8, 4) is 0 Å². The summed E-state index contributed by atoms with van der Waals surface area (Å²) in [4.78, 5) is 15.5. The molecule has 27 heavy (non-hydrogen) atoms. The van der Waals surface area contributed by atoms with Crippen molar-refractivity contribution in [2.75, 3.05) is 24.0 Å². The summed E-state index contributed by atoms with van der Waals surface area (Å²) < 4.78 is 4.38. The lowest BCUT2D eigenvalue weighted by Gasteiger charge is -2.12. The van der Waals surface area contributed by atoms with Gasteiger partial charge < -0.3 is 4.90 Å². The Balaban J connectivity index is 1.79. The second-order valence-corrected chi connectivity index (χ2v) is 6.84. The van der Waals surface area contributed by atoms with Gasteiger partial charge in [-0.2, -0.15) is 10.1 Å². The number of carbonyl (C=O) groups is 1. The molecule has 8 heteroatoms. The van der Waals surface area contributed by atoms with Gasteiger partial charge in [0, 0.05) is 24.7 Å². The molecule has 2 aromatic rings. The third-order valence-corrected chi connectivity index (χ3v) is 4.62. The van der Waals surface area contributed by atoms with Gasteiger partial charge in [0.1, 0.15) is 0 Å². The molecule has 0 spiro atoms. The van der Waals surface area contributed by atoms with Gasteiger partial charge in [-0.3, -0.25) is 4.79 Å². The monoisotopic (exact) mass is 385 g/mol. The summed E-state index contributed by atoms with van der Waals surface area (Å²) in [6.45, 7) is 1.81. The first-order valence-corrected chi connectivity index (χ1v) is 8.87. The van der Waals surface area contributed by atoms with Crippen LogP contribution in [0.25, 0.3) is 6.08 Å². The molecule has 0 atom stereocenters. The van der Waals surface area contributed by atoms with Crippen LogP contribution < -0.4 is 9.91 Å². The zero-order valence-electron chi connectivity index (χ0n) is 15.1. The van der Waals surface area contributed by atoms with Gasteiger partial charge in [0.05, 0.1) is 29.0 Å². The second-order valence-electron chi connectivity index (χ2n) is 6.07. The minimum atomic E-state index is -0.181. The first-order chi connectivity index (χ1) is 13.0. The zero-order valence-corrected chi connectivity index (χ0v) is 15.9. The number of anilines is 2.